The van der Waals surface area contributed by atoms with Crippen LogP contribution in [0.4, 0.5) is 0 Å². The second-order valence-corrected chi connectivity index (χ2v) is 9.59. The van der Waals surface area contributed by atoms with E-state index < -0.39 is 0 Å². The van der Waals surface area contributed by atoms with E-state index in [9.17, 15) is 0 Å². The van der Waals surface area contributed by atoms with Gasteiger partial charge < -0.3 is 9.64 Å². The normalized spacial score (nSPS) is 26.0. The molecule has 1 fully saturated rings. The topological polar surface area (TPSA) is 38.2 Å². The van der Waals surface area contributed by atoms with Gasteiger partial charge in [-0.15, -0.1) is 11.3 Å². The first-order valence-corrected chi connectivity index (χ1v) is 10.4. The van der Waals surface area contributed by atoms with Crippen molar-refractivity contribution in [1.82, 2.24) is 14.9 Å². The van der Waals surface area contributed by atoms with E-state index >= 15 is 0 Å². The summed E-state index contributed by atoms with van der Waals surface area (Å²) in [7, 11) is 4.36. The molecule has 2 aromatic rings. The summed E-state index contributed by atoms with van der Waals surface area (Å²) in [4.78, 5) is 14.1. The van der Waals surface area contributed by atoms with Gasteiger partial charge in [0.15, 0.2) is 0 Å². The third-order valence-corrected chi connectivity index (χ3v) is 7.22. The van der Waals surface area contributed by atoms with Gasteiger partial charge in [-0.2, -0.15) is 0 Å². The van der Waals surface area contributed by atoms with Crippen LogP contribution < -0.4 is 4.74 Å². The molecule has 0 radical (unpaired) electrons. The van der Waals surface area contributed by atoms with Crippen LogP contribution in [0.1, 0.15) is 62.8 Å². The lowest BCUT2D eigenvalue weighted by Gasteiger charge is -2.33. The minimum Gasteiger partial charge on any atom is -0.474 e. The average Bonchev–Trinajstić information content (AvgIpc) is 2.96. The monoisotopic (exact) mass is 359 g/mol. The molecule has 4 nitrogen and oxygen atoms in total. The van der Waals surface area contributed by atoms with E-state index in [4.69, 9.17) is 4.74 Å². The van der Waals surface area contributed by atoms with Gasteiger partial charge in [-0.1, -0.05) is 13.8 Å². The van der Waals surface area contributed by atoms with Crippen LogP contribution in [0.5, 0.6) is 5.88 Å². The van der Waals surface area contributed by atoms with Gasteiger partial charge in [0.1, 0.15) is 17.3 Å². The minimum atomic E-state index is 0.192. The van der Waals surface area contributed by atoms with Crippen molar-refractivity contribution in [1.29, 1.82) is 0 Å². The first kappa shape index (κ1) is 17.2. The van der Waals surface area contributed by atoms with Crippen molar-refractivity contribution < 1.29 is 4.74 Å². The van der Waals surface area contributed by atoms with Crippen LogP contribution in [-0.4, -0.2) is 41.1 Å². The second kappa shape index (κ2) is 6.51. The Bertz CT molecular complexity index is 760. The highest BCUT2D eigenvalue weighted by Gasteiger charge is 2.34. The fourth-order valence-electron chi connectivity index (χ4n) is 4.59. The summed E-state index contributed by atoms with van der Waals surface area (Å²) < 4.78 is 6.45. The van der Waals surface area contributed by atoms with Crippen molar-refractivity contribution >= 4 is 21.6 Å². The van der Waals surface area contributed by atoms with Crippen LogP contribution in [0.25, 0.3) is 10.2 Å². The minimum absolute atomic E-state index is 0.192. The quantitative estimate of drug-likeness (QED) is 0.805. The van der Waals surface area contributed by atoms with Crippen molar-refractivity contribution in [2.45, 2.75) is 76.4 Å². The molecule has 2 aliphatic rings. The average molecular weight is 360 g/mol. The number of fused-ring (bicyclic) bond motifs is 3. The first-order chi connectivity index (χ1) is 12.0. The maximum atomic E-state index is 6.45. The SMILES string of the molecule is CN(C)C1CCC(Oc2ncnc3sc4c(c23)C(C)(C)CCC4)CC1. The van der Waals surface area contributed by atoms with E-state index in [-0.39, 0.29) is 11.5 Å². The Morgan fingerprint density at radius 3 is 2.64 bits per heavy atom. The lowest BCUT2D eigenvalue weighted by atomic mass is 9.75. The third-order valence-electron chi connectivity index (χ3n) is 6.06. The molecule has 0 N–H and O–H groups in total. The zero-order chi connectivity index (χ0) is 17.6. The predicted octanol–water partition coefficient (Wildman–Crippen LogP) is 4.56. The van der Waals surface area contributed by atoms with Gasteiger partial charge in [0, 0.05) is 10.9 Å². The maximum absolute atomic E-state index is 6.45. The third kappa shape index (κ3) is 3.17. The highest BCUT2D eigenvalue weighted by atomic mass is 32.1. The number of nitrogens with zero attached hydrogens (tertiary/aromatic N) is 3. The molecular formula is C20H29N3OS. The van der Waals surface area contributed by atoms with Crippen LogP contribution in [0, 0.1) is 0 Å². The number of hydrogen-bond donors (Lipinski definition) is 0. The number of aromatic nitrogens is 2. The van der Waals surface area contributed by atoms with Gasteiger partial charge in [-0.25, -0.2) is 9.97 Å². The molecule has 5 heteroatoms. The van der Waals surface area contributed by atoms with Gasteiger partial charge >= 0.3 is 0 Å². The van der Waals surface area contributed by atoms with E-state index in [1.807, 2.05) is 11.3 Å². The number of hydrogen-bond acceptors (Lipinski definition) is 5. The fraction of sp³-hybridized carbons (Fsp3) is 0.700. The standard InChI is InChI=1S/C20H29N3OS/c1-20(2)11-5-6-15-17(20)16-18(21-12-22-19(16)25-15)24-14-9-7-13(8-10-14)23(3)4/h12-14H,5-11H2,1-4H3. The molecule has 2 aromatic heterocycles. The molecule has 136 valence electrons. The number of thiophene rings is 1. The molecule has 0 unspecified atom stereocenters. The van der Waals surface area contributed by atoms with E-state index in [0.717, 1.165) is 23.6 Å². The van der Waals surface area contributed by atoms with Crippen LogP contribution in [0.3, 0.4) is 0 Å². The van der Waals surface area contributed by atoms with Crippen LogP contribution in [0.2, 0.25) is 0 Å². The lowest BCUT2D eigenvalue weighted by Crippen LogP contribution is -2.35. The molecule has 0 aliphatic heterocycles. The van der Waals surface area contributed by atoms with E-state index in [0.29, 0.717) is 6.04 Å². The van der Waals surface area contributed by atoms with E-state index in [2.05, 4.69) is 42.8 Å². The van der Waals surface area contributed by atoms with Gasteiger partial charge in [0.25, 0.3) is 0 Å². The second-order valence-electron chi connectivity index (χ2n) is 8.51. The van der Waals surface area contributed by atoms with Crippen molar-refractivity contribution in [3.05, 3.63) is 16.8 Å². The summed E-state index contributed by atoms with van der Waals surface area (Å²) in [6.45, 7) is 4.71. The molecule has 2 aliphatic carbocycles. The summed E-state index contributed by atoms with van der Waals surface area (Å²) in [6, 6.07) is 0.693. The maximum Gasteiger partial charge on any atom is 0.225 e. The first-order valence-electron chi connectivity index (χ1n) is 9.55. The van der Waals surface area contributed by atoms with Gasteiger partial charge in [-0.05, 0) is 70.0 Å². The summed E-state index contributed by atoms with van der Waals surface area (Å²) in [5.74, 6) is 0.825. The lowest BCUT2D eigenvalue weighted by molar-refractivity contribution is 0.108. The zero-order valence-corrected chi connectivity index (χ0v) is 16.7. The fourth-order valence-corrected chi connectivity index (χ4v) is 5.94. The number of rotatable bonds is 3. The summed E-state index contributed by atoms with van der Waals surface area (Å²) in [5.41, 5.74) is 1.65. The smallest absolute Gasteiger partial charge is 0.225 e. The van der Waals surface area contributed by atoms with E-state index in [1.165, 1.54) is 47.9 Å². The summed E-state index contributed by atoms with van der Waals surface area (Å²) in [6.07, 6.45) is 10.3. The zero-order valence-electron chi connectivity index (χ0n) is 15.8. The van der Waals surface area contributed by atoms with Crippen molar-refractivity contribution in [2.24, 2.45) is 0 Å². The Hall–Kier alpha value is -1.20. The predicted molar refractivity (Wildman–Crippen MR) is 104 cm³/mol. The van der Waals surface area contributed by atoms with Crippen LogP contribution in [0.15, 0.2) is 6.33 Å². The molecule has 25 heavy (non-hydrogen) atoms. The largest absolute Gasteiger partial charge is 0.474 e. The molecule has 0 spiro atoms. The molecule has 0 bridgehead atoms. The Balaban J connectivity index is 1.64. The molecule has 1 saturated carbocycles. The molecule has 2 heterocycles. The molecule has 0 atom stereocenters. The Morgan fingerprint density at radius 1 is 1.16 bits per heavy atom. The Morgan fingerprint density at radius 2 is 1.92 bits per heavy atom. The van der Waals surface area contributed by atoms with Crippen LogP contribution >= 0.6 is 11.3 Å². The summed E-state index contributed by atoms with van der Waals surface area (Å²) in [5, 5.41) is 1.20. The number of ether oxygens (including phenoxy) is 1. The van der Waals surface area contributed by atoms with Crippen molar-refractivity contribution in [2.75, 3.05) is 14.1 Å². The summed E-state index contributed by atoms with van der Waals surface area (Å²) >= 11 is 1.84. The molecule has 0 saturated heterocycles. The van der Waals surface area contributed by atoms with Gasteiger partial charge in [0.05, 0.1) is 5.39 Å². The van der Waals surface area contributed by atoms with Crippen molar-refractivity contribution in [3.8, 4) is 5.88 Å². The Labute approximate surface area is 154 Å². The molecule has 0 amide bonds. The number of aryl methyl sites for hydroxylation is 1. The molecular weight excluding hydrogens is 330 g/mol. The van der Waals surface area contributed by atoms with E-state index in [1.54, 1.807) is 6.33 Å². The highest BCUT2D eigenvalue weighted by molar-refractivity contribution is 7.18. The van der Waals surface area contributed by atoms with Gasteiger partial charge in [-0.3, -0.25) is 0 Å². The highest BCUT2D eigenvalue weighted by Crippen LogP contribution is 2.47. The van der Waals surface area contributed by atoms with Gasteiger partial charge in [0.2, 0.25) is 5.88 Å². The molecule has 4 rings (SSSR count). The Kier molecular flexibility index (Phi) is 4.49. The van der Waals surface area contributed by atoms with Crippen molar-refractivity contribution in [3.63, 3.8) is 0 Å². The van der Waals surface area contributed by atoms with Crippen LogP contribution in [-0.2, 0) is 11.8 Å². The molecule has 0 aromatic carbocycles.